The van der Waals surface area contributed by atoms with Crippen LogP contribution in [0, 0.1) is 0 Å². The molecule has 0 radical (unpaired) electrons. The van der Waals surface area contributed by atoms with Gasteiger partial charge in [-0.25, -0.2) is 4.98 Å². The van der Waals surface area contributed by atoms with Gasteiger partial charge in [0.15, 0.2) is 0 Å². The summed E-state index contributed by atoms with van der Waals surface area (Å²) in [4.78, 5) is 30.5. The second-order valence-corrected chi connectivity index (χ2v) is 6.28. The minimum Gasteiger partial charge on any atom is -0.325 e. The van der Waals surface area contributed by atoms with Crippen LogP contribution in [0.5, 0.6) is 0 Å². The van der Waals surface area contributed by atoms with E-state index < -0.39 is 0 Å². The maximum Gasteiger partial charge on any atom is 0.244 e. The summed E-state index contributed by atoms with van der Waals surface area (Å²) in [5.41, 5.74) is 1.44. The molecule has 6 nitrogen and oxygen atoms in total. The van der Waals surface area contributed by atoms with Crippen molar-refractivity contribution in [3.05, 3.63) is 42.5 Å². The SMILES string of the molecule is CC(C)c1nccn1CC(=O)Nc1ccccc1N1CCCC1=O. The number of nitrogens with zero attached hydrogens (tertiary/aromatic N) is 3. The first-order chi connectivity index (χ1) is 11.6. The molecule has 0 aliphatic carbocycles. The van der Waals surface area contributed by atoms with E-state index in [0.29, 0.717) is 18.7 Å². The molecule has 126 valence electrons. The number of benzene rings is 1. The van der Waals surface area contributed by atoms with Crippen molar-refractivity contribution in [1.29, 1.82) is 0 Å². The maximum atomic E-state index is 12.4. The van der Waals surface area contributed by atoms with Crippen LogP contribution in [0.15, 0.2) is 36.7 Å². The molecule has 1 aliphatic heterocycles. The van der Waals surface area contributed by atoms with E-state index in [4.69, 9.17) is 0 Å². The number of hydrogen-bond donors (Lipinski definition) is 1. The van der Waals surface area contributed by atoms with Gasteiger partial charge in [-0.15, -0.1) is 0 Å². The number of amides is 2. The zero-order valence-electron chi connectivity index (χ0n) is 14.0. The summed E-state index contributed by atoms with van der Waals surface area (Å²) in [7, 11) is 0. The molecule has 0 saturated carbocycles. The van der Waals surface area contributed by atoms with E-state index in [0.717, 1.165) is 17.9 Å². The molecule has 1 fully saturated rings. The largest absolute Gasteiger partial charge is 0.325 e. The average Bonchev–Trinajstić information content (AvgIpc) is 3.17. The number of imidazole rings is 1. The van der Waals surface area contributed by atoms with Crippen molar-refractivity contribution in [1.82, 2.24) is 9.55 Å². The van der Waals surface area contributed by atoms with Crippen LogP contribution >= 0.6 is 0 Å². The third-order valence-electron chi connectivity index (χ3n) is 4.12. The Hall–Kier alpha value is -2.63. The summed E-state index contributed by atoms with van der Waals surface area (Å²) in [5.74, 6) is 1.11. The van der Waals surface area contributed by atoms with Gasteiger partial charge in [-0.3, -0.25) is 9.59 Å². The van der Waals surface area contributed by atoms with Crippen LogP contribution < -0.4 is 10.2 Å². The molecule has 1 N–H and O–H groups in total. The number of carbonyl (C=O) groups is 2. The lowest BCUT2D eigenvalue weighted by molar-refractivity contribution is -0.117. The van der Waals surface area contributed by atoms with E-state index in [1.54, 1.807) is 11.1 Å². The van der Waals surface area contributed by atoms with E-state index in [-0.39, 0.29) is 24.3 Å². The highest BCUT2D eigenvalue weighted by Crippen LogP contribution is 2.29. The van der Waals surface area contributed by atoms with Crippen molar-refractivity contribution in [3.63, 3.8) is 0 Å². The number of anilines is 2. The third-order valence-corrected chi connectivity index (χ3v) is 4.12. The summed E-state index contributed by atoms with van der Waals surface area (Å²) >= 11 is 0. The predicted octanol–water partition coefficient (Wildman–Crippen LogP) is 2.77. The van der Waals surface area contributed by atoms with Crippen LogP contribution in [0.3, 0.4) is 0 Å². The lowest BCUT2D eigenvalue weighted by atomic mass is 10.2. The molecule has 1 aromatic carbocycles. The van der Waals surface area contributed by atoms with E-state index in [1.807, 2.05) is 48.9 Å². The molecule has 0 bridgehead atoms. The lowest BCUT2D eigenvalue weighted by Crippen LogP contribution is -2.26. The molecular formula is C18H22N4O2. The fraction of sp³-hybridized carbons (Fsp3) is 0.389. The number of carbonyl (C=O) groups excluding carboxylic acids is 2. The fourth-order valence-electron chi connectivity index (χ4n) is 3.02. The smallest absolute Gasteiger partial charge is 0.244 e. The van der Waals surface area contributed by atoms with Crippen LogP contribution in [-0.2, 0) is 16.1 Å². The molecule has 0 spiro atoms. The Morgan fingerprint density at radius 2 is 2.12 bits per heavy atom. The van der Waals surface area contributed by atoms with Gasteiger partial charge in [-0.2, -0.15) is 0 Å². The van der Waals surface area contributed by atoms with Crippen LogP contribution in [-0.4, -0.2) is 27.9 Å². The van der Waals surface area contributed by atoms with Crippen LogP contribution in [0.4, 0.5) is 11.4 Å². The van der Waals surface area contributed by atoms with Crippen molar-refractivity contribution in [2.24, 2.45) is 0 Å². The normalized spacial score (nSPS) is 14.5. The minimum atomic E-state index is -0.131. The van der Waals surface area contributed by atoms with Gasteiger partial charge < -0.3 is 14.8 Å². The Balaban J connectivity index is 1.75. The standard InChI is InChI=1S/C18H22N4O2/c1-13(2)18-19-9-11-21(18)12-16(23)20-14-6-3-4-7-15(14)22-10-5-8-17(22)24/h3-4,6-7,9,11,13H,5,8,10,12H2,1-2H3,(H,20,23). The second kappa shape index (κ2) is 6.86. The molecule has 3 rings (SSSR count). The molecule has 6 heteroatoms. The Morgan fingerprint density at radius 3 is 2.83 bits per heavy atom. The zero-order chi connectivity index (χ0) is 17.1. The lowest BCUT2D eigenvalue weighted by Gasteiger charge is -2.20. The monoisotopic (exact) mass is 326 g/mol. The number of rotatable bonds is 5. The topological polar surface area (TPSA) is 67.2 Å². The van der Waals surface area contributed by atoms with Gasteiger partial charge in [0.1, 0.15) is 12.4 Å². The predicted molar refractivity (Wildman–Crippen MR) is 93.0 cm³/mol. The average molecular weight is 326 g/mol. The van der Waals surface area contributed by atoms with Gasteiger partial charge in [0.25, 0.3) is 0 Å². The number of hydrogen-bond acceptors (Lipinski definition) is 3. The van der Waals surface area contributed by atoms with Crippen molar-refractivity contribution in [3.8, 4) is 0 Å². The molecule has 1 aliphatic rings. The van der Waals surface area contributed by atoms with Gasteiger partial charge >= 0.3 is 0 Å². The Bertz CT molecular complexity index is 751. The van der Waals surface area contributed by atoms with Crippen LogP contribution in [0.1, 0.15) is 38.4 Å². The fourth-order valence-corrected chi connectivity index (χ4v) is 3.02. The highest BCUT2D eigenvalue weighted by atomic mass is 16.2. The Kier molecular flexibility index (Phi) is 4.64. The van der Waals surface area contributed by atoms with Crippen molar-refractivity contribution in [2.75, 3.05) is 16.8 Å². The van der Waals surface area contributed by atoms with Gasteiger partial charge in [-0.05, 0) is 18.6 Å². The quantitative estimate of drug-likeness (QED) is 0.918. The molecular weight excluding hydrogens is 304 g/mol. The number of nitrogens with one attached hydrogen (secondary N) is 1. The summed E-state index contributed by atoms with van der Waals surface area (Å²) < 4.78 is 1.85. The summed E-state index contributed by atoms with van der Waals surface area (Å²) in [5, 5.41) is 2.93. The number of aromatic nitrogens is 2. The molecule has 2 amide bonds. The van der Waals surface area contributed by atoms with Crippen molar-refractivity contribution < 1.29 is 9.59 Å². The van der Waals surface area contributed by atoms with E-state index in [2.05, 4.69) is 10.3 Å². The highest BCUT2D eigenvalue weighted by molar-refractivity contribution is 6.02. The first kappa shape index (κ1) is 16.2. The summed E-state index contributed by atoms with van der Waals surface area (Å²) in [6.07, 6.45) is 4.94. The first-order valence-electron chi connectivity index (χ1n) is 8.26. The van der Waals surface area contributed by atoms with Crippen LogP contribution in [0.2, 0.25) is 0 Å². The van der Waals surface area contributed by atoms with Crippen LogP contribution in [0.25, 0.3) is 0 Å². The highest BCUT2D eigenvalue weighted by Gasteiger charge is 2.24. The van der Waals surface area contributed by atoms with Gasteiger partial charge in [0, 0.05) is 31.3 Å². The van der Waals surface area contributed by atoms with Gasteiger partial charge in [-0.1, -0.05) is 26.0 Å². The Morgan fingerprint density at radius 1 is 1.33 bits per heavy atom. The zero-order valence-corrected chi connectivity index (χ0v) is 14.0. The third kappa shape index (κ3) is 3.32. The van der Waals surface area contributed by atoms with Crippen molar-refractivity contribution in [2.45, 2.75) is 39.2 Å². The molecule has 2 heterocycles. The molecule has 24 heavy (non-hydrogen) atoms. The van der Waals surface area contributed by atoms with E-state index in [9.17, 15) is 9.59 Å². The molecule has 1 aromatic heterocycles. The molecule has 1 saturated heterocycles. The maximum absolute atomic E-state index is 12.4. The number of para-hydroxylation sites is 2. The molecule has 2 aromatic rings. The molecule has 0 unspecified atom stereocenters. The summed E-state index contributed by atoms with van der Waals surface area (Å²) in [6.45, 7) is 5.00. The van der Waals surface area contributed by atoms with Gasteiger partial charge in [0.2, 0.25) is 11.8 Å². The van der Waals surface area contributed by atoms with E-state index in [1.165, 1.54) is 0 Å². The summed E-state index contributed by atoms with van der Waals surface area (Å²) in [6, 6.07) is 7.44. The molecule has 0 atom stereocenters. The minimum absolute atomic E-state index is 0.105. The Labute approximate surface area is 141 Å². The van der Waals surface area contributed by atoms with Crippen molar-refractivity contribution >= 4 is 23.2 Å². The second-order valence-electron chi connectivity index (χ2n) is 6.28. The first-order valence-corrected chi connectivity index (χ1v) is 8.26. The van der Waals surface area contributed by atoms with Gasteiger partial charge in [0.05, 0.1) is 11.4 Å². The van der Waals surface area contributed by atoms with E-state index >= 15 is 0 Å².